The summed E-state index contributed by atoms with van der Waals surface area (Å²) in [5, 5.41) is 3.04. The summed E-state index contributed by atoms with van der Waals surface area (Å²) in [6, 6.07) is 9.27. The van der Waals surface area contributed by atoms with Gasteiger partial charge >= 0.3 is 0 Å². The van der Waals surface area contributed by atoms with Crippen LogP contribution in [0, 0.1) is 5.82 Å². The molecule has 0 aromatic heterocycles. The third kappa shape index (κ3) is 7.85. The number of amides is 2. The molecule has 2 aromatic rings. The summed E-state index contributed by atoms with van der Waals surface area (Å²) < 4.78 is 39.4. The summed E-state index contributed by atoms with van der Waals surface area (Å²) in [4.78, 5) is 27.4. The third-order valence-corrected chi connectivity index (χ3v) is 6.82. The van der Waals surface area contributed by atoms with E-state index in [4.69, 9.17) is 23.2 Å². The fourth-order valence-electron chi connectivity index (χ4n) is 3.16. The Bertz CT molecular complexity index is 1110. The number of rotatable bonds is 11. The standard InChI is InChI=1S/C23H28Cl2FN3O4S/c1-4-5-12-27-23(31)16(2)28(14-17-6-8-18(24)9-7-17)22(30)15-29(34(3,32)33)19-10-11-21(26)20(25)13-19/h6-11,13,16H,4-5,12,14-15H2,1-3H3,(H,27,31)/t16-/m0/s1. The van der Waals surface area contributed by atoms with E-state index in [9.17, 15) is 22.4 Å². The van der Waals surface area contributed by atoms with E-state index in [0.29, 0.717) is 17.1 Å². The van der Waals surface area contributed by atoms with Gasteiger partial charge in [0.1, 0.15) is 18.4 Å². The largest absolute Gasteiger partial charge is 0.354 e. The predicted molar refractivity (Wildman–Crippen MR) is 133 cm³/mol. The van der Waals surface area contributed by atoms with Crippen LogP contribution < -0.4 is 9.62 Å². The highest BCUT2D eigenvalue weighted by atomic mass is 35.5. The lowest BCUT2D eigenvalue weighted by Crippen LogP contribution is -2.51. The van der Waals surface area contributed by atoms with Crippen molar-refractivity contribution in [3.05, 3.63) is 63.9 Å². The van der Waals surface area contributed by atoms with Crippen LogP contribution in [0.25, 0.3) is 0 Å². The molecule has 1 N–H and O–H groups in total. The van der Waals surface area contributed by atoms with Gasteiger partial charge in [0.05, 0.1) is 17.0 Å². The molecule has 0 radical (unpaired) electrons. The Balaban J connectivity index is 2.35. The Morgan fingerprint density at radius 1 is 1.12 bits per heavy atom. The zero-order chi connectivity index (χ0) is 25.5. The van der Waals surface area contributed by atoms with Crippen molar-refractivity contribution in [3.63, 3.8) is 0 Å². The first-order valence-corrected chi connectivity index (χ1v) is 13.3. The van der Waals surface area contributed by atoms with Gasteiger partial charge in [-0.25, -0.2) is 12.8 Å². The smallest absolute Gasteiger partial charge is 0.244 e. The molecule has 11 heteroatoms. The van der Waals surface area contributed by atoms with Crippen LogP contribution in [-0.2, 0) is 26.2 Å². The average Bonchev–Trinajstić information content (AvgIpc) is 2.77. The van der Waals surface area contributed by atoms with E-state index in [0.717, 1.165) is 35.5 Å². The van der Waals surface area contributed by atoms with Gasteiger partial charge in [0, 0.05) is 18.1 Å². The van der Waals surface area contributed by atoms with Gasteiger partial charge in [-0.2, -0.15) is 0 Å². The highest BCUT2D eigenvalue weighted by Gasteiger charge is 2.30. The maximum atomic E-state index is 13.6. The van der Waals surface area contributed by atoms with Crippen molar-refractivity contribution in [3.8, 4) is 0 Å². The van der Waals surface area contributed by atoms with E-state index in [-0.39, 0.29) is 23.2 Å². The summed E-state index contributed by atoms with van der Waals surface area (Å²) in [5.74, 6) is -1.68. The molecule has 0 unspecified atom stereocenters. The van der Waals surface area contributed by atoms with Crippen molar-refractivity contribution >= 4 is 50.7 Å². The Labute approximate surface area is 209 Å². The van der Waals surface area contributed by atoms with Gasteiger partial charge in [0.15, 0.2) is 0 Å². The first kappa shape index (κ1) is 27.9. The number of benzene rings is 2. The molecule has 7 nitrogen and oxygen atoms in total. The van der Waals surface area contributed by atoms with E-state index < -0.39 is 34.3 Å². The van der Waals surface area contributed by atoms with Crippen LogP contribution in [0.5, 0.6) is 0 Å². The average molecular weight is 532 g/mol. The van der Waals surface area contributed by atoms with Gasteiger partial charge < -0.3 is 10.2 Å². The van der Waals surface area contributed by atoms with Crippen LogP contribution in [0.3, 0.4) is 0 Å². The Kier molecular flexibility index (Phi) is 10.1. The molecule has 0 bridgehead atoms. The summed E-state index contributed by atoms with van der Waals surface area (Å²) >= 11 is 11.8. The zero-order valence-electron chi connectivity index (χ0n) is 19.2. The van der Waals surface area contributed by atoms with Gasteiger partial charge in [-0.15, -0.1) is 0 Å². The summed E-state index contributed by atoms with van der Waals surface area (Å²) in [6.07, 6.45) is 2.62. The molecule has 0 aliphatic heterocycles. The Morgan fingerprint density at radius 2 is 1.76 bits per heavy atom. The lowest BCUT2D eigenvalue weighted by atomic mass is 10.1. The number of nitrogens with zero attached hydrogens (tertiary/aromatic N) is 2. The molecule has 34 heavy (non-hydrogen) atoms. The number of unbranched alkanes of at least 4 members (excludes halogenated alkanes) is 1. The van der Waals surface area contributed by atoms with E-state index >= 15 is 0 Å². The summed E-state index contributed by atoms with van der Waals surface area (Å²) in [5.41, 5.74) is 0.746. The number of carbonyl (C=O) groups is 2. The van der Waals surface area contributed by atoms with Crippen LogP contribution in [0.1, 0.15) is 32.3 Å². The SMILES string of the molecule is CCCCNC(=O)[C@H](C)N(Cc1ccc(Cl)cc1)C(=O)CN(c1ccc(F)c(Cl)c1)S(C)(=O)=O. The summed E-state index contributed by atoms with van der Waals surface area (Å²) in [7, 11) is -3.93. The normalized spacial score (nSPS) is 12.2. The molecule has 0 spiro atoms. The molecular formula is C23H28Cl2FN3O4S. The number of sulfonamides is 1. The molecule has 2 rings (SSSR count). The Hall–Kier alpha value is -2.36. The van der Waals surface area contributed by atoms with Crippen LogP contribution in [-0.4, -0.2) is 50.5 Å². The second-order valence-corrected chi connectivity index (χ2v) is 10.6. The fraction of sp³-hybridized carbons (Fsp3) is 0.391. The second-order valence-electron chi connectivity index (χ2n) is 7.84. The lowest BCUT2D eigenvalue weighted by molar-refractivity contribution is -0.139. The quantitative estimate of drug-likeness (QED) is 0.439. The fourth-order valence-corrected chi connectivity index (χ4v) is 4.30. The van der Waals surface area contributed by atoms with E-state index in [1.54, 1.807) is 31.2 Å². The highest BCUT2D eigenvalue weighted by Crippen LogP contribution is 2.25. The molecule has 0 saturated heterocycles. The first-order valence-electron chi connectivity index (χ1n) is 10.7. The van der Waals surface area contributed by atoms with Gasteiger partial charge in [-0.05, 0) is 49.2 Å². The number of hydrogen-bond acceptors (Lipinski definition) is 4. The molecule has 0 saturated carbocycles. The minimum Gasteiger partial charge on any atom is -0.354 e. The van der Waals surface area contributed by atoms with Gasteiger partial charge in [-0.3, -0.25) is 13.9 Å². The molecule has 1 atom stereocenters. The highest BCUT2D eigenvalue weighted by molar-refractivity contribution is 7.92. The number of carbonyl (C=O) groups excluding carboxylic acids is 2. The molecule has 186 valence electrons. The van der Waals surface area contributed by atoms with Crippen LogP contribution in [0.2, 0.25) is 10.0 Å². The zero-order valence-corrected chi connectivity index (χ0v) is 21.6. The van der Waals surface area contributed by atoms with Gasteiger partial charge in [0.2, 0.25) is 21.8 Å². The van der Waals surface area contributed by atoms with Gasteiger partial charge in [-0.1, -0.05) is 48.7 Å². The Morgan fingerprint density at radius 3 is 2.32 bits per heavy atom. The number of hydrogen-bond donors (Lipinski definition) is 1. The van der Waals surface area contributed by atoms with E-state index in [2.05, 4.69) is 5.32 Å². The van der Waals surface area contributed by atoms with E-state index in [1.165, 1.54) is 11.0 Å². The van der Waals surface area contributed by atoms with E-state index in [1.807, 2.05) is 6.92 Å². The van der Waals surface area contributed by atoms with Gasteiger partial charge in [0.25, 0.3) is 0 Å². The van der Waals surface area contributed by atoms with Crippen molar-refractivity contribution in [2.45, 2.75) is 39.3 Å². The van der Waals surface area contributed by atoms with Crippen molar-refractivity contribution in [1.29, 1.82) is 0 Å². The number of nitrogens with one attached hydrogen (secondary N) is 1. The van der Waals surface area contributed by atoms with Crippen molar-refractivity contribution < 1.29 is 22.4 Å². The molecule has 0 heterocycles. The minimum atomic E-state index is -3.93. The molecule has 0 fully saturated rings. The third-order valence-electron chi connectivity index (χ3n) is 5.13. The van der Waals surface area contributed by atoms with Crippen molar-refractivity contribution in [2.24, 2.45) is 0 Å². The topological polar surface area (TPSA) is 86.8 Å². The van der Waals surface area contributed by atoms with Crippen LogP contribution >= 0.6 is 23.2 Å². The summed E-state index contributed by atoms with van der Waals surface area (Å²) in [6.45, 7) is 3.50. The predicted octanol–water partition coefficient (Wildman–Crippen LogP) is 4.23. The molecular weight excluding hydrogens is 504 g/mol. The molecule has 2 aromatic carbocycles. The van der Waals surface area contributed by atoms with Crippen molar-refractivity contribution in [1.82, 2.24) is 10.2 Å². The maximum absolute atomic E-state index is 13.6. The number of halogens is 3. The molecule has 0 aliphatic carbocycles. The van der Waals surface area contributed by atoms with Crippen LogP contribution in [0.15, 0.2) is 42.5 Å². The first-order chi connectivity index (χ1) is 15.9. The minimum absolute atomic E-state index is 0.0359. The maximum Gasteiger partial charge on any atom is 0.244 e. The number of anilines is 1. The van der Waals surface area contributed by atoms with Crippen molar-refractivity contribution in [2.75, 3.05) is 23.7 Å². The van der Waals surface area contributed by atoms with Crippen LogP contribution in [0.4, 0.5) is 10.1 Å². The second kappa shape index (κ2) is 12.4. The monoisotopic (exact) mass is 531 g/mol. The molecule has 0 aliphatic rings. The molecule has 2 amide bonds. The lowest BCUT2D eigenvalue weighted by Gasteiger charge is -2.31.